The second-order valence-corrected chi connectivity index (χ2v) is 8.62. The highest BCUT2D eigenvalue weighted by Crippen LogP contribution is 2.57. The number of rotatable bonds is 5. The topological polar surface area (TPSA) is 52.6 Å². The minimum absolute atomic E-state index is 0.400. The Morgan fingerprint density at radius 2 is 1.46 bits per heavy atom. The van der Waals surface area contributed by atoms with Gasteiger partial charge < -0.3 is 9.47 Å². The zero-order chi connectivity index (χ0) is 22.2. The van der Waals surface area contributed by atoms with Gasteiger partial charge in [0.05, 0.1) is 4.91 Å². The molecule has 28 heavy (non-hydrogen) atoms. The molecule has 2 rings (SSSR count). The van der Waals surface area contributed by atoms with Crippen molar-refractivity contribution in [1.29, 1.82) is 0 Å². The fourth-order valence-electron chi connectivity index (χ4n) is 2.98. The average molecular weight is 448 g/mol. The molecule has 0 saturated carbocycles. The fraction of sp³-hybridized carbons (Fsp3) is 0.714. The Kier molecular flexibility index (Phi) is 4.83. The van der Waals surface area contributed by atoms with Gasteiger partial charge >= 0.3 is 23.3 Å². The van der Waals surface area contributed by atoms with Gasteiger partial charge in [-0.3, -0.25) is 0 Å². The number of methoxy groups -OCH3 is 1. The van der Waals surface area contributed by atoms with E-state index in [9.17, 15) is 47.9 Å². The van der Waals surface area contributed by atoms with Crippen LogP contribution < -0.4 is 0 Å². The maximum atomic E-state index is 14.1. The number of fused-ring (bicyclic) bond motifs is 2. The fourth-order valence-corrected chi connectivity index (χ4v) is 4.74. The molecule has 0 spiro atoms. The summed E-state index contributed by atoms with van der Waals surface area (Å²) in [5.41, 5.74) is -3.50. The summed E-state index contributed by atoms with van der Waals surface area (Å²) >= 11 is 0. The SMILES string of the molecule is CO[C@@H]1C(S(=O)(=O)C(F)(F)C(F)(F)C(F)(F)C(F)(F)F)=C[C@]2(C)C=C[C@@]1(C)O2. The molecule has 0 aromatic heterocycles. The van der Waals surface area contributed by atoms with Crippen molar-refractivity contribution >= 4 is 9.84 Å². The van der Waals surface area contributed by atoms with E-state index in [1.54, 1.807) is 0 Å². The number of halogens is 9. The summed E-state index contributed by atoms with van der Waals surface area (Å²) < 4.78 is 153. The quantitative estimate of drug-likeness (QED) is 0.474. The Labute approximate surface area is 152 Å². The largest absolute Gasteiger partial charge is 0.460 e. The predicted molar refractivity (Wildman–Crippen MR) is 75.7 cm³/mol. The van der Waals surface area contributed by atoms with E-state index in [-0.39, 0.29) is 0 Å². The number of sulfone groups is 1. The molecule has 2 bridgehead atoms. The van der Waals surface area contributed by atoms with Crippen LogP contribution in [0.25, 0.3) is 0 Å². The van der Waals surface area contributed by atoms with Crippen LogP contribution in [0.2, 0.25) is 0 Å². The molecule has 0 aliphatic carbocycles. The lowest BCUT2D eigenvalue weighted by Gasteiger charge is -2.42. The first-order valence-electron chi connectivity index (χ1n) is 7.31. The first kappa shape index (κ1) is 23.0. The van der Waals surface area contributed by atoms with Crippen LogP contribution >= 0.6 is 0 Å². The summed E-state index contributed by atoms with van der Waals surface area (Å²) in [6.07, 6.45) is -6.41. The molecule has 0 fully saturated rings. The molecule has 3 atom stereocenters. The van der Waals surface area contributed by atoms with Crippen molar-refractivity contribution in [3.05, 3.63) is 23.1 Å². The smallest absolute Gasteiger partial charge is 0.373 e. The first-order valence-corrected chi connectivity index (χ1v) is 8.79. The number of ether oxygens (including phenoxy) is 2. The van der Waals surface area contributed by atoms with Gasteiger partial charge in [-0.15, -0.1) is 0 Å². The van der Waals surface area contributed by atoms with E-state index in [0.717, 1.165) is 21.0 Å². The molecule has 0 saturated heterocycles. The Hall–Kier alpha value is -1.28. The predicted octanol–water partition coefficient (Wildman–Crippen LogP) is 3.84. The number of hydrogen-bond acceptors (Lipinski definition) is 4. The first-order chi connectivity index (χ1) is 12.2. The third-order valence-corrected chi connectivity index (χ3v) is 6.28. The van der Waals surface area contributed by atoms with Gasteiger partial charge in [-0.25, -0.2) is 8.42 Å². The summed E-state index contributed by atoms with van der Waals surface area (Å²) in [6, 6.07) is 0. The third kappa shape index (κ3) is 2.78. The zero-order valence-corrected chi connectivity index (χ0v) is 15.1. The van der Waals surface area contributed by atoms with Crippen LogP contribution in [0.3, 0.4) is 0 Å². The highest BCUT2D eigenvalue weighted by molar-refractivity contribution is 7.96. The molecule has 0 aromatic carbocycles. The van der Waals surface area contributed by atoms with Gasteiger partial charge in [0.15, 0.2) is 0 Å². The average Bonchev–Trinajstić information content (AvgIpc) is 2.75. The van der Waals surface area contributed by atoms with Gasteiger partial charge in [-0.2, -0.15) is 39.5 Å². The van der Waals surface area contributed by atoms with Crippen molar-refractivity contribution in [3.8, 4) is 0 Å². The molecule has 162 valence electrons. The lowest BCUT2D eigenvalue weighted by molar-refractivity contribution is -0.382. The maximum Gasteiger partial charge on any atom is 0.460 e. The molecular formula is C14H13F9O4S. The van der Waals surface area contributed by atoms with Crippen LogP contribution in [0.4, 0.5) is 39.5 Å². The molecule has 0 radical (unpaired) electrons. The normalized spacial score (nSPS) is 31.9. The second-order valence-electron chi connectivity index (χ2n) is 6.63. The van der Waals surface area contributed by atoms with Crippen LogP contribution in [0.1, 0.15) is 13.8 Å². The lowest BCUT2D eigenvalue weighted by Crippen LogP contribution is -2.64. The monoisotopic (exact) mass is 448 g/mol. The van der Waals surface area contributed by atoms with Gasteiger partial charge in [0, 0.05) is 7.11 Å². The summed E-state index contributed by atoms with van der Waals surface area (Å²) in [5.74, 6) is -14.7. The van der Waals surface area contributed by atoms with Gasteiger partial charge in [0.2, 0.25) is 9.84 Å². The van der Waals surface area contributed by atoms with Crippen molar-refractivity contribution in [2.75, 3.05) is 7.11 Å². The Morgan fingerprint density at radius 1 is 0.964 bits per heavy atom. The van der Waals surface area contributed by atoms with Crippen LogP contribution in [-0.2, 0) is 19.3 Å². The van der Waals surface area contributed by atoms with E-state index >= 15 is 0 Å². The molecule has 2 aliphatic rings. The van der Waals surface area contributed by atoms with Crippen molar-refractivity contribution in [1.82, 2.24) is 0 Å². The van der Waals surface area contributed by atoms with Gasteiger partial charge in [-0.1, -0.05) is 12.2 Å². The summed E-state index contributed by atoms with van der Waals surface area (Å²) in [6.45, 7) is 2.27. The number of alkyl halides is 9. The molecule has 0 N–H and O–H groups in total. The summed E-state index contributed by atoms with van der Waals surface area (Å²) in [7, 11) is -5.98. The van der Waals surface area contributed by atoms with E-state index in [1.807, 2.05) is 0 Å². The van der Waals surface area contributed by atoms with Gasteiger partial charge in [-0.05, 0) is 19.9 Å². The Balaban J connectivity index is 2.68. The maximum absolute atomic E-state index is 14.1. The minimum Gasteiger partial charge on any atom is -0.373 e. The van der Waals surface area contributed by atoms with Crippen molar-refractivity contribution < 1.29 is 57.4 Å². The van der Waals surface area contributed by atoms with Crippen LogP contribution in [0, 0.1) is 0 Å². The standard InChI is InChI=1S/C14H13F9O4S/c1-9-4-5-10(2,27-9)8(26-3)7(6-9)28(24,25)14(22,23)12(17,18)11(15,16)13(19,20)21/h4-6,8H,1-3H3/t8-,9+,10-/m1/s1. The van der Waals surface area contributed by atoms with Crippen LogP contribution in [-0.4, -0.2) is 56.1 Å². The van der Waals surface area contributed by atoms with E-state index in [0.29, 0.717) is 6.08 Å². The zero-order valence-electron chi connectivity index (χ0n) is 14.3. The molecule has 4 nitrogen and oxygen atoms in total. The van der Waals surface area contributed by atoms with E-state index in [4.69, 9.17) is 9.47 Å². The molecule has 0 aromatic rings. The van der Waals surface area contributed by atoms with E-state index in [1.165, 1.54) is 12.2 Å². The third-order valence-electron chi connectivity index (χ3n) is 4.39. The molecular weight excluding hydrogens is 435 g/mol. The molecule has 0 unspecified atom stereocenters. The van der Waals surface area contributed by atoms with Crippen molar-refractivity contribution in [2.45, 2.75) is 54.4 Å². The molecule has 0 amide bonds. The lowest BCUT2D eigenvalue weighted by atomic mass is 9.97. The Morgan fingerprint density at radius 3 is 1.89 bits per heavy atom. The molecule has 14 heteroatoms. The summed E-state index contributed by atoms with van der Waals surface area (Å²) in [5, 5.41) is -6.83. The Bertz CT molecular complexity index is 830. The van der Waals surface area contributed by atoms with E-state index in [2.05, 4.69) is 0 Å². The number of hydrogen-bond donors (Lipinski definition) is 0. The van der Waals surface area contributed by atoms with E-state index < -0.39 is 55.3 Å². The molecule has 2 aliphatic heterocycles. The molecule has 2 heterocycles. The minimum atomic E-state index is -7.34. The summed E-state index contributed by atoms with van der Waals surface area (Å²) in [4.78, 5) is -1.60. The van der Waals surface area contributed by atoms with Crippen molar-refractivity contribution in [3.63, 3.8) is 0 Å². The van der Waals surface area contributed by atoms with Gasteiger partial charge in [0.25, 0.3) is 0 Å². The van der Waals surface area contributed by atoms with Gasteiger partial charge in [0.1, 0.15) is 17.3 Å². The van der Waals surface area contributed by atoms with Crippen LogP contribution in [0.15, 0.2) is 23.1 Å². The second kappa shape index (κ2) is 5.88. The highest BCUT2D eigenvalue weighted by atomic mass is 32.2. The van der Waals surface area contributed by atoms with Crippen molar-refractivity contribution in [2.24, 2.45) is 0 Å². The highest BCUT2D eigenvalue weighted by Gasteiger charge is 2.85. The van der Waals surface area contributed by atoms with Crippen LogP contribution in [0.5, 0.6) is 0 Å².